The van der Waals surface area contributed by atoms with Gasteiger partial charge in [0.15, 0.2) is 0 Å². The second-order valence-electron chi connectivity index (χ2n) is 5.92. The maximum absolute atomic E-state index is 9.04. The molecular weight excluding hydrogens is 242 g/mol. The van der Waals surface area contributed by atoms with Crippen molar-refractivity contribution in [3.05, 3.63) is 17.6 Å². The fourth-order valence-electron chi connectivity index (χ4n) is 1.49. The fraction of sp³-hybridized carbons (Fsp3) is 0.714. The van der Waals surface area contributed by atoms with Crippen molar-refractivity contribution in [3.8, 4) is 0 Å². The van der Waals surface area contributed by atoms with Crippen LogP contribution in [0, 0.1) is 5.92 Å². The minimum Gasteiger partial charge on any atom is -0.396 e. The molecule has 2 N–H and O–H groups in total. The lowest BCUT2D eigenvalue weighted by molar-refractivity contribution is 0.181. The highest BCUT2D eigenvalue weighted by atomic mass is 16.5. The minimum absolute atomic E-state index is 0.108. The van der Waals surface area contributed by atoms with E-state index in [1.165, 1.54) is 0 Å². The first-order valence-corrected chi connectivity index (χ1v) is 6.59. The van der Waals surface area contributed by atoms with E-state index in [2.05, 4.69) is 36.1 Å². The molecule has 0 spiro atoms. The highest BCUT2D eigenvalue weighted by Gasteiger charge is 2.19. The SMILES string of the molecule is COCc1cc(NCC(C)CO)nc(C(C)(C)C)n1. The van der Waals surface area contributed by atoms with Crippen LogP contribution in [-0.4, -0.2) is 35.3 Å². The number of nitrogens with zero attached hydrogens (tertiary/aromatic N) is 2. The highest BCUT2D eigenvalue weighted by Crippen LogP contribution is 2.20. The summed E-state index contributed by atoms with van der Waals surface area (Å²) in [6.07, 6.45) is 0. The molecule has 1 aromatic rings. The van der Waals surface area contributed by atoms with Gasteiger partial charge in [-0.3, -0.25) is 0 Å². The molecule has 1 aromatic heterocycles. The Morgan fingerprint density at radius 2 is 2.05 bits per heavy atom. The zero-order valence-electron chi connectivity index (χ0n) is 12.5. The normalized spacial score (nSPS) is 13.4. The monoisotopic (exact) mass is 267 g/mol. The Morgan fingerprint density at radius 3 is 2.58 bits per heavy atom. The van der Waals surface area contributed by atoms with E-state index in [0.29, 0.717) is 13.2 Å². The van der Waals surface area contributed by atoms with E-state index in [1.54, 1.807) is 7.11 Å². The van der Waals surface area contributed by atoms with Crippen LogP contribution in [0.3, 0.4) is 0 Å². The number of hydrogen-bond donors (Lipinski definition) is 2. The van der Waals surface area contributed by atoms with Gasteiger partial charge in [-0.1, -0.05) is 27.7 Å². The van der Waals surface area contributed by atoms with Gasteiger partial charge in [0.25, 0.3) is 0 Å². The number of anilines is 1. The first-order valence-electron chi connectivity index (χ1n) is 6.59. The number of methoxy groups -OCH3 is 1. The Morgan fingerprint density at radius 1 is 1.37 bits per heavy atom. The third-order valence-corrected chi connectivity index (χ3v) is 2.69. The molecule has 0 aromatic carbocycles. The molecule has 0 saturated heterocycles. The summed E-state index contributed by atoms with van der Waals surface area (Å²) in [4.78, 5) is 9.05. The average molecular weight is 267 g/mol. The molecule has 0 aliphatic rings. The number of aliphatic hydroxyl groups excluding tert-OH is 1. The molecule has 0 aliphatic heterocycles. The summed E-state index contributed by atoms with van der Waals surface area (Å²) in [7, 11) is 1.65. The summed E-state index contributed by atoms with van der Waals surface area (Å²) in [5, 5.41) is 12.3. The molecule has 108 valence electrons. The van der Waals surface area contributed by atoms with Crippen molar-refractivity contribution >= 4 is 5.82 Å². The van der Waals surface area contributed by atoms with Crippen LogP contribution >= 0.6 is 0 Å². The Balaban J connectivity index is 2.93. The smallest absolute Gasteiger partial charge is 0.136 e. The quantitative estimate of drug-likeness (QED) is 0.824. The van der Waals surface area contributed by atoms with Crippen molar-refractivity contribution in [1.82, 2.24) is 9.97 Å². The summed E-state index contributed by atoms with van der Waals surface area (Å²) in [5.74, 6) is 1.77. The fourth-order valence-corrected chi connectivity index (χ4v) is 1.49. The lowest BCUT2D eigenvalue weighted by Crippen LogP contribution is -2.20. The maximum atomic E-state index is 9.04. The predicted molar refractivity (Wildman–Crippen MR) is 76.2 cm³/mol. The molecule has 0 fully saturated rings. The van der Waals surface area contributed by atoms with Crippen LogP contribution in [0.25, 0.3) is 0 Å². The molecule has 1 heterocycles. The molecule has 1 unspecified atom stereocenters. The second-order valence-corrected chi connectivity index (χ2v) is 5.92. The van der Waals surface area contributed by atoms with Crippen LogP contribution in [0.2, 0.25) is 0 Å². The molecule has 5 nitrogen and oxygen atoms in total. The molecule has 0 amide bonds. The van der Waals surface area contributed by atoms with Crippen LogP contribution in [0.15, 0.2) is 6.07 Å². The summed E-state index contributed by atoms with van der Waals surface area (Å²) in [5.41, 5.74) is 0.754. The number of nitrogens with one attached hydrogen (secondary N) is 1. The van der Waals surface area contributed by atoms with Gasteiger partial charge >= 0.3 is 0 Å². The highest BCUT2D eigenvalue weighted by molar-refractivity contribution is 5.37. The molecular formula is C14H25N3O2. The standard InChI is InChI=1S/C14H25N3O2/c1-10(8-18)7-15-12-6-11(9-19-5)16-13(17-12)14(2,3)4/h6,10,18H,7-9H2,1-5H3,(H,15,16,17). The summed E-state index contributed by atoms with van der Waals surface area (Å²) in [6, 6.07) is 1.89. The van der Waals surface area contributed by atoms with Gasteiger partial charge in [0.1, 0.15) is 11.6 Å². The van der Waals surface area contributed by atoms with Crippen LogP contribution in [0.4, 0.5) is 5.82 Å². The third-order valence-electron chi connectivity index (χ3n) is 2.69. The molecule has 0 radical (unpaired) electrons. The Bertz CT molecular complexity index is 402. The zero-order chi connectivity index (χ0) is 14.5. The molecule has 0 saturated carbocycles. The van der Waals surface area contributed by atoms with Gasteiger partial charge in [0.05, 0.1) is 12.3 Å². The molecule has 1 atom stereocenters. The Hall–Kier alpha value is -1.20. The number of aromatic nitrogens is 2. The third kappa shape index (κ3) is 5.12. The first kappa shape index (κ1) is 15.9. The van der Waals surface area contributed by atoms with E-state index in [1.807, 2.05) is 13.0 Å². The van der Waals surface area contributed by atoms with Gasteiger partial charge in [-0.15, -0.1) is 0 Å². The van der Waals surface area contributed by atoms with Crippen LogP contribution in [-0.2, 0) is 16.8 Å². The maximum Gasteiger partial charge on any atom is 0.136 e. The summed E-state index contributed by atoms with van der Waals surface area (Å²) < 4.78 is 5.14. The minimum atomic E-state index is -0.108. The van der Waals surface area contributed by atoms with E-state index >= 15 is 0 Å². The number of rotatable bonds is 6. The topological polar surface area (TPSA) is 67.3 Å². The van der Waals surface area contributed by atoms with E-state index in [9.17, 15) is 0 Å². The van der Waals surface area contributed by atoms with Gasteiger partial charge in [-0.25, -0.2) is 9.97 Å². The van der Waals surface area contributed by atoms with Gasteiger partial charge in [0.2, 0.25) is 0 Å². The van der Waals surface area contributed by atoms with Crippen molar-refractivity contribution in [3.63, 3.8) is 0 Å². The average Bonchev–Trinajstić information content (AvgIpc) is 2.35. The Kier molecular flexibility index (Phi) is 5.69. The predicted octanol–water partition coefficient (Wildman–Crippen LogP) is 1.96. The van der Waals surface area contributed by atoms with Crippen molar-refractivity contribution in [2.75, 3.05) is 25.6 Å². The van der Waals surface area contributed by atoms with E-state index in [-0.39, 0.29) is 17.9 Å². The largest absolute Gasteiger partial charge is 0.396 e. The molecule has 5 heteroatoms. The number of hydrogen-bond acceptors (Lipinski definition) is 5. The number of ether oxygens (including phenoxy) is 1. The van der Waals surface area contributed by atoms with E-state index in [0.717, 1.165) is 17.3 Å². The van der Waals surface area contributed by atoms with Crippen LogP contribution in [0.1, 0.15) is 39.2 Å². The van der Waals surface area contributed by atoms with Crippen molar-refractivity contribution in [1.29, 1.82) is 0 Å². The Labute approximate surface area is 115 Å². The molecule has 0 bridgehead atoms. The van der Waals surface area contributed by atoms with Crippen molar-refractivity contribution < 1.29 is 9.84 Å². The molecule has 0 aliphatic carbocycles. The van der Waals surface area contributed by atoms with Crippen molar-refractivity contribution in [2.45, 2.75) is 39.7 Å². The summed E-state index contributed by atoms with van der Waals surface area (Å²) in [6.45, 7) is 9.54. The number of aliphatic hydroxyl groups is 1. The van der Waals surface area contributed by atoms with Gasteiger partial charge in [-0.05, 0) is 5.92 Å². The van der Waals surface area contributed by atoms with Gasteiger partial charge in [0, 0.05) is 31.7 Å². The first-order chi connectivity index (χ1) is 8.86. The zero-order valence-corrected chi connectivity index (χ0v) is 12.5. The lowest BCUT2D eigenvalue weighted by Gasteiger charge is -2.19. The lowest BCUT2D eigenvalue weighted by atomic mass is 9.95. The van der Waals surface area contributed by atoms with Crippen LogP contribution < -0.4 is 5.32 Å². The molecule has 19 heavy (non-hydrogen) atoms. The van der Waals surface area contributed by atoms with Gasteiger partial charge < -0.3 is 15.2 Å². The van der Waals surface area contributed by atoms with Crippen LogP contribution in [0.5, 0.6) is 0 Å². The molecule has 1 rings (SSSR count). The second kappa shape index (κ2) is 6.82. The summed E-state index contributed by atoms with van der Waals surface area (Å²) >= 11 is 0. The van der Waals surface area contributed by atoms with E-state index in [4.69, 9.17) is 9.84 Å². The van der Waals surface area contributed by atoms with E-state index < -0.39 is 0 Å². The van der Waals surface area contributed by atoms with Gasteiger partial charge in [-0.2, -0.15) is 0 Å². The van der Waals surface area contributed by atoms with Crippen molar-refractivity contribution in [2.24, 2.45) is 5.92 Å².